The molecular formula is C24H21N3O5S2. The molecule has 1 saturated heterocycles. The summed E-state index contributed by atoms with van der Waals surface area (Å²) < 4.78 is 22.8. The van der Waals surface area contributed by atoms with E-state index in [-0.39, 0.29) is 35.5 Å². The number of carbonyl (C=O) groups excluding carboxylic acids is 3. The molecule has 8 nitrogen and oxygen atoms in total. The number of primary sulfonamides is 1. The largest absolute Gasteiger partial charge is 0.326 e. The third-order valence-electron chi connectivity index (χ3n) is 5.15. The highest BCUT2D eigenvalue weighted by molar-refractivity contribution is 8.00. The van der Waals surface area contributed by atoms with Gasteiger partial charge in [-0.2, -0.15) is 0 Å². The molecular weight excluding hydrogens is 474 g/mol. The Hall–Kier alpha value is -3.47. The van der Waals surface area contributed by atoms with Gasteiger partial charge in [-0.25, -0.2) is 18.5 Å². The van der Waals surface area contributed by atoms with Crippen LogP contribution < -0.4 is 15.4 Å². The highest BCUT2D eigenvalue weighted by Gasteiger charge is 2.40. The van der Waals surface area contributed by atoms with Gasteiger partial charge >= 0.3 is 0 Å². The van der Waals surface area contributed by atoms with E-state index in [4.69, 9.17) is 5.14 Å². The average Bonchev–Trinajstić information content (AvgIpc) is 3.08. The van der Waals surface area contributed by atoms with Gasteiger partial charge in [0.25, 0.3) is 0 Å². The lowest BCUT2D eigenvalue weighted by Crippen LogP contribution is -2.31. The Morgan fingerprint density at radius 2 is 1.62 bits per heavy atom. The zero-order valence-electron chi connectivity index (χ0n) is 17.9. The molecule has 3 N–H and O–H groups in total. The molecule has 10 heteroatoms. The van der Waals surface area contributed by atoms with Gasteiger partial charge in [0.05, 0.1) is 22.3 Å². The number of nitrogens with one attached hydrogen (secondary N) is 1. The third-order valence-corrected chi connectivity index (χ3v) is 7.28. The number of sulfonamides is 1. The minimum Gasteiger partial charge on any atom is -0.326 e. The SMILES string of the molecule is NS(=O)(=O)c1ccc(N2C(=O)C[C@H](Sc3ccc(NC(=O)Cc4ccccc4)cc3)C2=O)cc1. The predicted molar refractivity (Wildman–Crippen MR) is 130 cm³/mol. The van der Waals surface area contributed by atoms with Crippen molar-refractivity contribution in [2.75, 3.05) is 10.2 Å². The third kappa shape index (κ3) is 5.53. The second-order valence-electron chi connectivity index (χ2n) is 7.65. The molecule has 3 aromatic carbocycles. The van der Waals surface area contributed by atoms with Crippen molar-refractivity contribution in [3.05, 3.63) is 84.4 Å². The molecule has 0 unspecified atom stereocenters. The van der Waals surface area contributed by atoms with E-state index >= 15 is 0 Å². The lowest BCUT2D eigenvalue weighted by Gasteiger charge is -2.15. The van der Waals surface area contributed by atoms with E-state index in [1.54, 1.807) is 24.3 Å². The summed E-state index contributed by atoms with van der Waals surface area (Å²) in [6.07, 6.45) is 0.292. The van der Waals surface area contributed by atoms with Crippen LogP contribution in [0.4, 0.5) is 11.4 Å². The number of nitrogens with zero attached hydrogens (tertiary/aromatic N) is 1. The summed E-state index contributed by atoms with van der Waals surface area (Å²) in [6.45, 7) is 0. The van der Waals surface area contributed by atoms with Crippen molar-refractivity contribution in [1.29, 1.82) is 0 Å². The first-order valence-corrected chi connectivity index (χ1v) is 12.7. The van der Waals surface area contributed by atoms with Gasteiger partial charge in [-0.1, -0.05) is 30.3 Å². The van der Waals surface area contributed by atoms with E-state index in [0.717, 1.165) is 15.4 Å². The second kappa shape index (κ2) is 9.80. The van der Waals surface area contributed by atoms with Crippen molar-refractivity contribution in [3.63, 3.8) is 0 Å². The second-order valence-corrected chi connectivity index (χ2v) is 10.5. The lowest BCUT2D eigenvalue weighted by atomic mass is 10.1. The minimum absolute atomic E-state index is 0.0238. The molecule has 174 valence electrons. The molecule has 1 aliphatic heterocycles. The Bertz CT molecular complexity index is 1330. The molecule has 0 aromatic heterocycles. The number of rotatable bonds is 7. The normalized spacial score (nSPS) is 16.0. The van der Waals surface area contributed by atoms with E-state index in [1.165, 1.54) is 36.0 Å². The van der Waals surface area contributed by atoms with E-state index in [9.17, 15) is 22.8 Å². The molecule has 34 heavy (non-hydrogen) atoms. The topological polar surface area (TPSA) is 127 Å². The zero-order valence-corrected chi connectivity index (χ0v) is 19.5. The van der Waals surface area contributed by atoms with Crippen molar-refractivity contribution in [1.82, 2.24) is 0 Å². The van der Waals surface area contributed by atoms with Crippen LogP contribution in [0.1, 0.15) is 12.0 Å². The van der Waals surface area contributed by atoms with Crippen LogP contribution in [0, 0.1) is 0 Å². The van der Waals surface area contributed by atoms with Crippen LogP contribution in [-0.4, -0.2) is 31.4 Å². The van der Waals surface area contributed by atoms with Crippen LogP contribution in [-0.2, 0) is 30.8 Å². The monoisotopic (exact) mass is 495 g/mol. The molecule has 0 spiro atoms. The molecule has 1 atom stereocenters. The summed E-state index contributed by atoms with van der Waals surface area (Å²) in [6, 6.07) is 21.8. The Kier molecular flexibility index (Phi) is 6.82. The van der Waals surface area contributed by atoms with Gasteiger partial charge in [0.15, 0.2) is 0 Å². The molecule has 1 aliphatic rings. The molecule has 1 heterocycles. The molecule has 0 aliphatic carbocycles. The van der Waals surface area contributed by atoms with Crippen LogP contribution in [0.2, 0.25) is 0 Å². The van der Waals surface area contributed by atoms with Gasteiger partial charge in [0.2, 0.25) is 27.7 Å². The highest BCUT2D eigenvalue weighted by atomic mass is 32.2. The van der Waals surface area contributed by atoms with Gasteiger partial charge in [0.1, 0.15) is 0 Å². The molecule has 4 rings (SSSR count). The minimum atomic E-state index is -3.87. The van der Waals surface area contributed by atoms with Crippen molar-refractivity contribution in [2.24, 2.45) is 5.14 Å². The van der Waals surface area contributed by atoms with Crippen LogP contribution in [0.5, 0.6) is 0 Å². The lowest BCUT2D eigenvalue weighted by molar-refractivity contribution is -0.121. The Morgan fingerprint density at radius 1 is 0.971 bits per heavy atom. The number of carbonyl (C=O) groups is 3. The van der Waals surface area contributed by atoms with Crippen molar-refractivity contribution >= 4 is 50.9 Å². The fourth-order valence-electron chi connectivity index (χ4n) is 3.52. The fraction of sp³-hybridized carbons (Fsp3) is 0.125. The van der Waals surface area contributed by atoms with Crippen molar-refractivity contribution in [2.45, 2.75) is 27.9 Å². The molecule has 1 fully saturated rings. The molecule has 3 aromatic rings. The standard InChI is InChI=1S/C24H21N3O5S2/c25-34(31,32)20-12-8-18(9-13-20)27-23(29)15-21(24(27)30)33-19-10-6-17(7-11-19)26-22(28)14-16-4-2-1-3-5-16/h1-13,21H,14-15H2,(H,26,28)(H2,25,31,32)/t21-/m0/s1. The number of nitrogens with two attached hydrogens (primary N) is 1. The first kappa shape index (κ1) is 23.7. The number of imide groups is 1. The number of hydrogen-bond acceptors (Lipinski definition) is 6. The quantitative estimate of drug-likeness (QED) is 0.485. The van der Waals surface area contributed by atoms with Gasteiger partial charge < -0.3 is 5.32 Å². The Labute approximate surface area is 201 Å². The Morgan fingerprint density at radius 3 is 2.24 bits per heavy atom. The van der Waals surface area contributed by atoms with Crippen LogP contribution in [0.3, 0.4) is 0 Å². The number of amides is 3. The van der Waals surface area contributed by atoms with Crippen LogP contribution in [0.25, 0.3) is 0 Å². The number of thioether (sulfide) groups is 1. The maximum atomic E-state index is 12.9. The highest BCUT2D eigenvalue weighted by Crippen LogP contribution is 2.34. The summed E-state index contributed by atoms with van der Waals surface area (Å²) >= 11 is 1.26. The van der Waals surface area contributed by atoms with Gasteiger partial charge in [-0.3, -0.25) is 14.4 Å². The van der Waals surface area contributed by atoms with E-state index in [0.29, 0.717) is 11.4 Å². The van der Waals surface area contributed by atoms with Gasteiger partial charge in [-0.05, 0) is 54.1 Å². The summed E-state index contributed by atoms with van der Waals surface area (Å²) in [5.41, 5.74) is 1.85. The predicted octanol–water partition coefficient (Wildman–Crippen LogP) is 2.94. The van der Waals surface area contributed by atoms with Crippen molar-refractivity contribution in [3.8, 4) is 0 Å². The summed E-state index contributed by atoms with van der Waals surface area (Å²) in [5, 5.41) is 7.33. The van der Waals surface area contributed by atoms with Crippen LogP contribution >= 0.6 is 11.8 Å². The zero-order chi connectivity index (χ0) is 24.3. The van der Waals surface area contributed by atoms with Crippen molar-refractivity contribution < 1.29 is 22.8 Å². The molecule has 3 amide bonds. The maximum absolute atomic E-state index is 12.9. The molecule has 0 saturated carbocycles. The number of hydrogen-bond donors (Lipinski definition) is 2. The summed E-state index contributed by atoms with van der Waals surface area (Å²) in [7, 11) is -3.87. The first-order chi connectivity index (χ1) is 16.2. The molecule has 0 bridgehead atoms. The summed E-state index contributed by atoms with van der Waals surface area (Å²) in [4.78, 5) is 39.3. The Balaban J connectivity index is 1.38. The van der Waals surface area contributed by atoms with Gasteiger partial charge in [0, 0.05) is 17.0 Å². The van der Waals surface area contributed by atoms with Gasteiger partial charge in [-0.15, -0.1) is 11.8 Å². The fourth-order valence-corrected chi connectivity index (χ4v) is 5.09. The number of anilines is 2. The summed E-state index contributed by atoms with van der Waals surface area (Å²) in [5.74, 6) is -0.874. The van der Waals surface area contributed by atoms with E-state index in [1.807, 2.05) is 30.3 Å². The number of benzene rings is 3. The van der Waals surface area contributed by atoms with E-state index in [2.05, 4.69) is 5.32 Å². The average molecular weight is 496 g/mol. The van der Waals surface area contributed by atoms with E-state index < -0.39 is 15.3 Å². The first-order valence-electron chi connectivity index (χ1n) is 10.3. The van der Waals surface area contributed by atoms with Crippen LogP contribution in [0.15, 0.2) is 88.7 Å². The smallest absolute Gasteiger partial charge is 0.247 e. The molecule has 0 radical (unpaired) electrons. The maximum Gasteiger partial charge on any atom is 0.247 e.